The molecule has 1 aromatic carbocycles. The Morgan fingerprint density at radius 3 is 2.40 bits per heavy atom. The van der Waals surface area contributed by atoms with Gasteiger partial charge in [-0.1, -0.05) is 17.7 Å². The summed E-state index contributed by atoms with van der Waals surface area (Å²) in [4.78, 5) is 0.250. The SMILES string of the molecule is Cc1ccc(S(=O)(=O)N[C@H]2COC(C)(C)O[C@H]2C)cc1. The monoisotopic (exact) mass is 299 g/mol. The zero-order valence-electron chi connectivity index (χ0n) is 12.2. The molecule has 0 amide bonds. The molecule has 20 heavy (non-hydrogen) atoms. The van der Waals surface area contributed by atoms with Gasteiger partial charge in [0.25, 0.3) is 0 Å². The molecule has 0 aliphatic carbocycles. The highest BCUT2D eigenvalue weighted by molar-refractivity contribution is 7.89. The van der Waals surface area contributed by atoms with Crippen LogP contribution in [0.4, 0.5) is 0 Å². The molecule has 1 heterocycles. The van der Waals surface area contributed by atoms with E-state index in [2.05, 4.69) is 4.72 Å². The number of aryl methyl sites for hydroxylation is 1. The average Bonchev–Trinajstić information content (AvgIpc) is 2.33. The van der Waals surface area contributed by atoms with Gasteiger partial charge in [-0.05, 0) is 39.8 Å². The van der Waals surface area contributed by atoms with Gasteiger partial charge in [0.05, 0.1) is 23.6 Å². The minimum absolute atomic E-state index is 0.250. The third kappa shape index (κ3) is 3.58. The maximum absolute atomic E-state index is 12.3. The first-order valence-electron chi connectivity index (χ1n) is 6.60. The lowest BCUT2D eigenvalue weighted by molar-refractivity contribution is -0.276. The summed E-state index contributed by atoms with van der Waals surface area (Å²) in [6.45, 7) is 7.67. The van der Waals surface area contributed by atoms with Crippen molar-refractivity contribution in [2.75, 3.05) is 6.61 Å². The molecule has 2 rings (SSSR count). The molecule has 1 aliphatic rings. The largest absolute Gasteiger partial charge is 0.349 e. The van der Waals surface area contributed by atoms with Crippen LogP contribution in [0.15, 0.2) is 29.2 Å². The summed E-state index contributed by atoms with van der Waals surface area (Å²) in [6, 6.07) is 6.34. The number of benzene rings is 1. The summed E-state index contributed by atoms with van der Waals surface area (Å²) >= 11 is 0. The molecule has 6 heteroatoms. The average molecular weight is 299 g/mol. The fourth-order valence-electron chi connectivity index (χ4n) is 2.10. The van der Waals surface area contributed by atoms with Gasteiger partial charge in [0, 0.05) is 0 Å². The Morgan fingerprint density at radius 2 is 1.85 bits per heavy atom. The third-order valence-corrected chi connectivity index (χ3v) is 4.79. The fourth-order valence-corrected chi connectivity index (χ4v) is 3.39. The maximum atomic E-state index is 12.3. The smallest absolute Gasteiger partial charge is 0.240 e. The van der Waals surface area contributed by atoms with E-state index in [0.717, 1.165) is 5.56 Å². The molecule has 112 valence electrons. The van der Waals surface area contributed by atoms with Crippen molar-refractivity contribution >= 4 is 10.0 Å². The zero-order chi connectivity index (χ0) is 15.0. The summed E-state index contributed by atoms with van der Waals surface area (Å²) in [5.41, 5.74) is 1.02. The van der Waals surface area contributed by atoms with E-state index >= 15 is 0 Å². The molecule has 2 atom stereocenters. The summed E-state index contributed by atoms with van der Waals surface area (Å²) < 4.78 is 38.4. The first-order valence-corrected chi connectivity index (χ1v) is 8.09. The topological polar surface area (TPSA) is 64.6 Å². The second-order valence-electron chi connectivity index (χ2n) is 5.57. The zero-order valence-corrected chi connectivity index (χ0v) is 13.0. The second-order valence-corrected chi connectivity index (χ2v) is 7.29. The van der Waals surface area contributed by atoms with Crippen LogP contribution in [0.1, 0.15) is 26.3 Å². The normalized spacial score (nSPS) is 26.4. The maximum Gasteiger partial charge on any atom is 0.240 e. The summed E-state index contributed by atoms with van der Waals surface area (Å²) in [7, 11) is -3.56. The van der Waals surface area contributed by atoms with Crippen molar-refractivity contribution in [2.24, 2.45) is 0 Å². The van der Waals surface area contributed by atoms with E-state index in [9.17, 15) is 8.42 Å². The molecule has 0 aromatic heterocycles. The number of hydrogen-bond donors (Lipinski definition) is 1. The standard InChI is InChI=1S/C14H21NO4S/c1-10-5-7-12(8-6-10)20(16,17)15-13-9-18-14(3,4)19-11(13)2/h5-8,11,13,15H,9H2,1-4H3/t11-,13-/m0/s1. The lowest BCUT2D eigenvalue weighted by Gasteiger charge is -2.39. The van der Waals surface area contributed by atoms with Gasteiger partial charge in [-0.25, -0.2) is 13.1 Å². The van der Waals surface area contributed by atoms with Crippen LogP contribution in [0.5, 0.6) is 0 Å². The second kappa shape index (κ2) is 5.44. The highest BCUT2D eigenvalue weighted by Gasteiger charge is 2.36. The minimum Gasteiger partial charge on any atom is -0.349 e. The van der Waals surface area contributed by atoms with Gasteiger partial charge in [-0.3, -0.25) is 0 Å². The van der Waals surface area contributed by atoms with Crippen molar-refractivity contribution in [3.63, 3.8) is 0 Å². The van der Waals surface area contributed by atoms with Gasteiger partial charge >= 0.3 is 0 Å². The van der Waals surface area contributed by atoms with Gasteiger partial charge in [0.1, 0.15) is 0 Å². The van der Waals surface area contributed by atoms with Crippen LogP contribution in [-0.2, 0) is 19.5 Å². The Morgan fingerprint density at radius 1 is 1.25 bits per heavy atom. The predicted octanol–water partition coefficient (Wildman–Crippen LogP) is 1.81. The van der Waals surface area contributed by atoms with E-state index in [1.807, 2.05) is 27.7 Å². The van der Waals surface area contributed by atoms with E-state index in [-0.39, 0.29) is 11.0 Å². The third-order valence-electron chi connectivity index (χ3n) is 3.28. The minimum atomic E-state index is -3.56. The van der Waals surface area contributed by atoms with E-state index in [1.165, 1.54) is 0 Å². The molecule has 5 nitrogen and oxygen atoms in total. The highest BCUT2D eigenvalue weighted by Crippen LogP contribution is 2.23. The van der Waals surface area contributed by atoms with Crippen LogP contribution in [0.3, 0.4) is 0 Å². The Labute approximate surface area is 120 Å². The van der Waals surface area contributed by atoms with Crippen molar-refractivity contribution in [3.8, 4) is 0 Å². The van der Waals surface area contributed by atoms with Gasteiger partial charge in [0.2, 0.25) is 10.0 Å². The van der Waals surface area contributed by atoms with Gasteiger partial charge in [-0.15, -0.1) is 0 Å². The van der Waals surface area contributed by atoms with Gasteiger partial charge in [0.15, 0.2) is 5.79 Å². The molecule has 0 spiro atoms. The van der Waals surface area contributed by atoms with Crippen LogP contribution in [0.2, 0.25) is 0 Å². The lowest BCUT2D eigenvalue weighted by atomic mass is 10.1. The first-order chi connectivity index (χ1) is 9.20. The van der Waals surface area contributed by atoms with Crippen LogP contribution >= 0.6 is 0 Å². The van der Waals surface area contributed by atoms with E-state index < -0.39 is 21.9 Å². The molecule has 1 aromatic rings. The predicted molar refractivity (Wildman–Crippen MR) is 75.9 cm³/mol. The first kappa shape index (κ1) is 15.4. The fraction of sp³-hybridized carbons (Fsp3) is 0.571. The number of ether oxygens (including phenoxy) is 2. The molecule has 0 bridgehead atoms. The summed E-state index contributed by atoms with van der Waals surface area (Å²) in [6.07, 6.45) is -0.251. The Hall–Kier alpha value is -0.950. The van der Waals surface area contributed by atoms with Crippen molar-refractivity contribution in [1.29, 1.82) is 0 Å². The van der Waals surface area contributed by atoms with Crippen LogP contribution in [0, 0.1) is 6.92 Å². The number of hydrogen-bond acceptors (Lipinski definition) is 4. The van der Waals surface area contributed by atoms with Crippen molar-refractivity contribution in [1.82, 2.24) is 4.72 Å². The summed E-state index contributed by atoms with van der Waals surface area (Å²) in [5.74, 6) is -0.675. The number of sulfonamides is 1. The van der Waals surface area contributed by atoms with Gasteiger partial charge < -0.3 is 9.47 Å². The lowest BCUT2D eigenvalue weighted by Crippen LogP contribution is -2.54. The molecular weight excluding hydrogens is 278 g/mol. The molecule has 0 radical (unpaired) electrons. The van der Waals surface area contributed by atoms with Crippen molar-refractivity contribution in [3.05, 3.63) is 29.8 Å². The molecule has 1 N–H and O–H groups in total. The van der Waals surface area contributed by atoms with E-state index in [0.29, 0.717) is 6.61 Å². The van der Waals surface area contributed by atoms with Crippen molar-refractivity contribution in [2.45, 2.75) is 50.5 Å². The molecule has 1 aliphatic heterocycles. The number of rotatable bonds is 3. The molecular formula is C14H21NO4S. The van der Waals surface area contributed by atoms with Crippen molar-refractivity contribution < 1.29 is 17.9 Å². The Balaban J connectivity index is 2.11. The highest BCUT2D eigenvalue weighted by atomic mass is 32.2. The Bertz CT molecular complexity index is 565. The quantitative estimate of drug-likeness (QED) is 0.924. The van der Waals surface area contributed by atoms with E-state index in [4.69, 9.17) is 9.47 Å². The molecule has 1 fully saturated rings. The number of nitrogens with one attached hydrogen (secondary N) is 1. The van der Waals surface area contributed by atoms with Gasteiger partial charge in [-0.2, -0.15) is 0 Å². The Kier molecular flexibility index (Phi) is 4.20. The molecule has 0 unspecified atom stereocenters. The van der Waals surface area contributed by atoms with Crippen LogP contribution in [-0.4, -0.2) is 33.0 Å². The molecule has 0 saturated carbocycles. The molecule has 1 saturated heterocycles. The van der Waals surface area contributed by atoms with Crippen LogP contribution in [0.25, 0.3) is 0 Å². The summed E-state index contributed by atoms with van der Waals surface area (Å²) in [5, 5.41) is 0. The van der Waals surface area contributed by atoms with E-state index in [1.54, 1.807) is 24.3 Å². The van der Waals surface area contributed by atoms with Crippen LogP contribution < -0.4 is 4.72 Å².